The fourth-order valence-electron chi connectivity index (χ4n) is 1.48. The summed E-state index contributed by atoms with van der Waals surface area (Å²) >= 11 is 0. The van der Waals surface area contributed by atoms with Gasteiger partial charge >= 0.3 is 0 Å². The molecule has 2 heteroatoms. The predicted molar refractivity (Wildman–Crippen MR) is 32.8 cm³/mol. The Morgan fingerprint density at radius 3 is 2.67 bits per heavy atom. The van der Waals surface area contributed by atoms with Gasteiger partial charge in [0.1, 0.15) is 0 Å². The molecular weight excluding hydrogens is 116 g/mol. The summed E-state index contributed by atoms with van der Waals surface area (Å²) in [5.74, 6) is -0.236. The molecule has 1 atom stereocenters. The maximum Gasteiger partial charge on any atom is 0.171 e. The van der Waals surface area contributed by atoms with Gasteiger partial charge in [0.15, 0.2) is 5.79 Å². The number of hydrogen-bond donors (Lipinski definition) is 0. The molecule has 0 aliphatic carbocycles. The van der Waals surface area contributed by atoms with Crippen LogP contribution in [0.2, 0.25) is 0 Å². The minimum atomic E-state index is -0.236. The van der Waals surface area contributed by atoms with E-state index in [1.165, 1.54) is 0 Å². The summed E-state index contributed by atoms with van der Waals surface area (Å²) in [6.07, 6.45) is 5.42. The van der Waals surface area contributed by atoms with Crippen molar-refractivity contribution in [1.29, 1.82) is 0 Å². The summed E-state index contributed by atoms with van der Waals surface area (Å²) in [7, 11) is 0. The molecule has 1 spiro atoms. The van der Waals surface area contributed by atoms with Crippen LogP contribution < -0.4 is 0 Å². The summed E-state index contributed by atoms with van der Waals surface area (Å²) in [4.78, 5) is 0. The summed E-state index contributed by atoms with van der Waals surface area (Å²) in [5.41, 5.74) is 0. The highest BCUT2D eigenvalue weighted by Crippen LogP contribution is 2.34. The molecule has 0 amide bonds. The Bertz CT molecular complexity index is 82.0. The van der Waals surface area contributed by atoms with Crippen LogP contribution in [0.25, 0.3) is 0 Å². The highest BCUT2D eigenvalue weighted by atomic mass is 16.7. The van der Waals surface area contributed by atoms with Crippen molar-refractivity contribution in [2.75, 3.05) is 13.2 Å². The molecule has 1 radical (unpaired) electrons. The molecule has 2 nitrogen and oxygen atoms in total. The first-order valence-corrected chi connectivity index (χ1v) is 3.54. The Kier molecular flexibility index (Phi) is 1.24. The van der Waals surface area contributed by atoms with Crippen LogP contribution in [0.5, 0.6) is 0 Å². The SMILES string of the molecule is [CH]1CCOC12CCCO2. The second-order valence-electron chi connectivity index (χ2n) is 2.61. The maximum absolute atomic E-state index is 5.42. The van der Waals surface area contributed by atoms with Gasteiger partial charge in [-0.3, -0.25) is 0 Å². The Labute approximate surface area is 55.1 Å². The second kappa shape index (κ2) is 1.96. The molecule has 9 heavy (non-hydrogen) atoms. The molecule has 0 saturated carbocycles. The van der Waals surface area contributed by atoms with Gasteiger partial charge in [-0.15, -0.1) is 0 Å². The van der Waals surface area contributed by atoms with Crippen LogP contribution in [0.4, 0.5) is 0 Å². The topological polar surface area (TPSA) is 18.5 Å². The van der Waals surface area contributed by atoms with E-state index in [1.807, 2.05) is 0 Å². The van der Waals surface area contributed by atoms with Crippen molar-refractivity contribution in [3.05, 3.63) is 6.42 Å². The Morgan fingerprint density at radius 1 is 1.22 bits per heavy atom. The molecule has 2 saturated heterocycles. The molecule has 51 valence electrons. The Balaban J connectivity index is 2.04. The fraction of sp³-hybridized carbons (Fsp3) is 0.857. The lowest BCUT2D eigenvalue weighted by Gasteiger charge is -2.19. The van der Waals surface area contributed by atoms with Crippen molar-refractivity contribution in [3.63, 3.8) is 0 Å². The monoisotopic (exact) mass is 127 g/mol. The molecule has 0 N–H and O–H groups in total. The summed E-state index contributed by atoms with van der Waals surface area (Å²) in [5, 5.41) is 0. The van der Waals surface area contributed by atoms with Gasteiger partial charge in [0.05, 0.1) is 13.2 Å². The van der Waals surface area contributed by atoms with E-state index in [1.54, 1.807) is 0 Å². The van der Waals surface area contributed by atoms with Gasteiger partial charge in [0.25, 0.3) is 0 Å². The standard InChI is InChI=1S/C7H11O2/c1-3-7(8-5-1)4-2-6-9-7/h3H,1-2,4-6H2. The van der Waals surface area contributed by atoms with Crippen LogP contribution in [-0.4, -0.2) is 19.0 Å². The average molecular weight is 127 g/mol. The molecule has 2 aliphatic heterocycles. The first-order valence-electron chi connectivity index (χ1n) is 3.54. The van der Waals surface area contributed by atoms with E-state index < -0.39 is 0 Å². The predicted octanol–water partition coefficient (Wildman–Crippen LogP) is 1.12. The molecule has 2 heterocycles. The van der Waals surface area contributed by atoms with Gasteiger partial charge in [-0.25, -0.2) is 0 Å². The van der Waals surface area contributed by atoms with E-state index in [9.17, 15) is 0 Å². The third kappa shape index (κ3) is 0.864. The van der Waals surface area contributed by atoms with Gasteiger partial charge in [0, 0.05) is 12.8 Å². The first kappa shape index (κ1) is 5.69. The molecule has 1 unspecified atom stereocenters. The normalized spacial score (nSPS) is 32.0. The third-order valence-corrected chi connectivity index (χ3v) is 1.94. The van der Waals surface area contributed by atoms with Crippen LogP contribution in [0.3, 0.4) is 0 Å². The maximum atomic E-state index is 5.42. The minimum absolute atomic E-state index is 0.236. The first-order chi connectivity index (χ1) is 4.41. The van der Waals surface area contributed by atoms with E-state index in [2.05, 4.69) is 6.42 Å². The van der Waals surface area contributed by atoms with Crippen LogP contribution >= 0.6 is 0 Å². The number of hydrogen-bond acceptors (Lipinski definition) is 2. The minimum Gasteiger partial charge on any atom is -0.350 e. The summed E-state index contributed by atoms with van der Waals surface area (Å²) in [6.45, 7) is 1.72. The smallest absolute Gasteiger partial charge is 0.171 e. The van der Waals surface area contributed by atoms with Gasteiger partial charge in [-0.2, -0.15) is 0 Å². The quantitative estimate of drug-likeness (QED) is 0.485. The van der Waals surface area contributed by atoms with E-state index in [0.29, 0.717) is 0 Å². The lowest BCUT2D eigenvalue weighted by Crippen LogP contribution is -2.25. The van der Waals surface area contributed by atoms with E-state index in [0.717, 1.165) is 32.5 Å². The lowest BCUT2D eigenvalue weighted by atomic mass is 10.1. The Morgan fingerprint density at radius 2 is 2.11 bits per heavy atom. The fourth-order valence-corrected chi connectivity index (χ4v) is 1.48. The van der Waals surface area contributed by atoms with Crippen molar-refractivity contribution in [2.45, 2.75) is 25.0 Å². The lowest BCUT2D eigenvalue weighted by molar-refractivity contribution is -0.159. The summed E-state index contributed by atoms with van der Waals surface area (Å²) in [6, 6.07) is 0. The zero-order valence-corrected chi connectivity index (χ0v) is 5.43. The molecule has 2 rings (SSSR count). The third-order valence-electron chi connectivity index (χ3n) is 1.94. The van der Waals surface area contributed by atoms with E-state index >= 15 is 0 Å². The number of rotatable bonds is 0. The Hall–Kier alpha value is -0.0800. The van der Waals surface area contributed by atoms with Crippen molar-refractivity contribution >= 4 is 0 Å². The molecule has 0 aromatic rings. The average Bonchev–Trinajstić information content (AvgIpc) is 2.45. The van der Waals surface area contributed by atoms with Gasteiger partial charge < -0.3 is 9.47 Å². The molecule has 2 aliphatic rings. The largest absolute Gasteiger partial charge is 0.350 e. The zero-order chi connectivity index (χ0) is 6.16. The van der Waals surface area contributed by atoms with E-state index in [-0.39, 0.29) is 5.79 Å². The molecule has 2 fully saturated rings. The van der Waals surface area contributed by atoms with Crippen LogP contribution in [0, 0.1) is 6.42 Å². The van der Waals surface area contributed by atoms with Gasteiger partial charge in [-0.05, 0) is 12.8 Å². The number of ether oxygens (including phenoxy) is 2. The zero-order valence-electron chi connectivity index (χ0n) is 5.43. The molecule has 0 aromatic heterocycles. The molecule has 0 aromatic carbocycles. The highest BCUT2D eigenvalue weighted by molar-refractivity contribution is 4.93. The second-order valence-corrected chi connectivity index (χ2v) is 2.61. The van der Waals surface area contributed by atoms with Crippen molar-refractivity contribution in [3.8, 4) is 0 Å². The van der Waals surface area contributed by atoms with Crippen molar-refractivity contribution in [1.82, 2.24) is 0 Å². The van der Waals surface area contributed by atoms with Crippen molar-refractivity contribution < 1.29 is 9.47 Å². The van der Waals surface area contributed by atoms with Crippen LogP contribution in [0.15, 0.2) is 0 Å². The van der Waals surface area contributed by atoms with Gasteiger partial charge in [0.2, 0.25) is 0 Å². The van der Waals surface area contributed by atoms with E-state index in [4.69, 9.17) is 9.47 Å². The molecular formula is C7H11O2. The molecule has 0 bridgehead atoms. The summed E-state index contributed by atoms with van der Waals surface area (Å²) < 4.78 is 10.8. The van der Waals surface area contributed by atoms with Crippen molar-refractivity contribution in [2.24, 2.45) is 0 Å². The highest BCUT2D eigenvalue weighted by Gasteiger charge is 2.39. The van der Waals surface area contributed by atoms with Crippen LogP contribution in [0.1, 0.15) is 19.3 Å². The van der Waals surface area contributed by atoms with Gasteiger partial charge in [-0.1, -0.05) is 0 Å². The van der Waals surface area contributed by atoms with Crippen LogP contribution in [-0.2, 0) is 9.47 Å².